The van der Waals surface area contributed by atoms with Gasteiger partial charge in [-0.05, 0) is 36.5 Å². The van der Waals surface area contributed by atoms with Crippen molar-refractivity contribution in [3.8, 4) is 5.75 Å². The van der Waals surface area contributed by atoms with Crippen LogP contribution in [0.3, 0.4) is 0 Å². The summed E-state index contributed by atoms with van der Waals surface area (Å²) in [5.74, 6) is 0.790. The Morgan fingerprint density at radius 1 is 1.25 bits per heavy atom. The van der Waals surface area contributed by atoms with Crippen molar-refractivity contribution in [2.24, 2.45) is 0 Å². The van der Waals surface area contributed by atoms with Crippen molar-refractivity contribution >= 4 is 12.6 Å². The van der Waals surface area contributed by atoms with E-state index in [1.165, 1.54) is 12.8 Å². The maximum atomic E-state index is 9.06. The van der Waals surface area contributed by atoms with E-state index in [-0.39, 0.29) is 0 Å². The smallest absolute Gasteiger partial charge is 0.488 e. The van der Waals surface area contributed by atoms with Crippen LogP contribution in [0.15, 0.2) is 18.2 Å². The molecule has 0 heterocycles. The van der Waals surface area contributed by atoms with Gasteiger partial charge in [0.2, 0.25) is 0 Å². The van der Waals surface area contributed by atoms with Gasteiger partial charge in [-0.1, -0.05) is 25.8 Å². The second-order valence-corrected chi connectivity index (χ2v) is 3.95. The SMILES string of the molecule is CCCCCOc1ccc(B(O)O)c(C)c1. The molecule has 4 heteroatoms. The van der Waals surface area contributed by atoms with Crippen molar-refractivity contribution in [2.75, 3.05) is 6.61 Å². The first-order valence-corrected chi connectivity index (χ1v) is 5.74. The summed E-state index contributed by atoms with van der Waals surface area (Å²) in [4.78, 5) is 0. The van der Waals surface area contributed by atoms with E-state index >= 15 is 0 Å². The van der Waals surface area contributed by atoms with E-state index in [0.29, 0.717) is 12.1 Å². The molecule has 0 bridgehead atoms. The first kappa shape index (κ1) is 13.1. The van der Waals surface area contributed by atoms with Crippen LogP contribution >= 0.6 is 0 Å². The van der Waals surface area contributed by atoms with Crippen LogP contribution in [-0.2, 0) is 0 Å². The summed E-state index contributed by atoms with van der Waals surface area (Å²) < 4.78 is 5.56. The van der Waals surface area contributed by atoms with Crippen molar-refractivity contribution in [1.29, 1.82) is 0 Å². The van der Waals surface area contributed by atoms with Gasteiger partial charge in [-0.15, -0.1) is 0 Å². The molecule has 0 saturated heterocycles. The highest BCUT2D eigenvalue weighted by Crippen LogP contribution is 2.12. The zero-order valence-electron chi connectivity index (χ0n) is 9.94. The van der Waals surface area contributed by atoms with E-state index < -0.39 is 7.12 Å². The van der Waals surface area contributed by atoms with Gasteiger partial charge in [0, 0.05) is 0 Å². The number of rotatable bonds is 6. The van der Waals surface area contributed by atoms with E-state index in [1.54, 1.807) is 12.1 Å². The molecule has 3 nitrogen and oxygen atoms in total. The lowest BCUT2D eigenvalue weighted by Crippen LogP contribution is -2.31. The van der Waals surface area contributed by atoms with Gasteiger partial charge in [-0.25, -0.2) is 0 Å². The second kappa shape index (κ2) is 6.56. The number of benzene rings is 1. The fraction of sp³-hybridized carbons (Fsp3) is 0.500. The van der Waals surface area contributed by atoms with Gasteiger partial charge in [0.15, 0.2) is 0 Å². The molecule has 0 unspecified atom stereocenters. The Balaban J connectivity index is 2.53. The molecule has 1 aromatic rings. The molecule has 2 N–H and O–H groups in total. The fourth-order valence-electron chi connectivity index (χ4n) is 1.57. The zero-order valence-corrected chi connectivity index (χ0v) is 9.94. The summed E-state index contributed by atoms with van der Waals surface area (Å²) in [7, 11) is -1.41. The predicted octanol–water partition coefficient (Wildman–Crippen LogP) is 1.24. The largest absolute Gasteiger partial charge is 0.494 e. The Morgan fingerprint density at radius 3 is 2.56 bits per heavy atom. The third-order valence-corrected chi connectivity index (χ3v) is 2.54. The van der Waals surface area contributed by atoms with Crippen molar-refractivity contribution in [3.05, 3.63) is 23.8 Å². The lowest BCUT2D eigenvalue weighted by atomic mass is 9.77. The Labute approximate surface area is 97.2 Å². The van der Waals surface area contributed by atoms with E-state index in [0.717, 1.165) is 17.7 Å². The maximum absolute atomic E-state index is 9.06. The molecule has 0 radical (unpaired) electrons. The molecule has 1 rings (SSSR count). The van der Waals surface area contributed by atoms with E-state index in [2.05, 4.69) is 6.92 Å². The third-order valence-electron chi connectivity index (χ3n) is 2.54. The summed E-state index contributed by atoms with van der Waals surface area (Å²) in [5, 5.41) is 18.1. The van der Waals surface area contributed by atoms with E-state index in [1.807, 2.05) is 13.0 Å². The summed E-state index contributed by atoms with van der Waals surface area (Å²) >= 11 is 0. The molecule has 0 aromatic heterocycles. The molecular formula is C12H19BO3. The van der Waals surface area contributed by atoms with Crippen LogP contribution in [0, 0.1) is 6.92 Å². The minimum absolute atomic E-state index is 0.529. The summed E-state index contributed by atoms with van der Waals surface area (Å²) in [6.07, 6.45) is 3.41. The number of aryl methyl sites for hydroxylation is 1. The summed E-state index contributed by atoms with van der Waals surface area (Å²) in [6.45, 7) is 4.71. The van der Waals surface area contributed by atoms with Gasteiger partial charge in [0.1, 0.15) is 5.75 Å². The quantitative estimate of drug-likeness (QED) is 0.562. The minimum Gasteiger partial charge on any atom is -0.494 e. The average Bonchev–Trinajstić information content (AvgIpc) is 2.24. The van der Waals surface area contributed by atoms with Crippen molar-refractivity contribution in [3.63, 3.8) is 0 Å². The van der Waals surface area contributed by atoms with Gasteiger partial charge in [-0.3, -0.25) is 0 Å². The molecule has 0 aliphatic carbocycles. The molecule has 0 saturated carbocycles. The van der Waals surface area contributed by atoms with Crippen LogP contribution in [0.2, 0.25) is 0 Å². The predicted molar refractivity (Wildman–Crippen MR) is 66.0 cm³/mol. The van der Waals surface area contributed by atoms with Gasteiger partial charge < -0.3 is 14.8 Å². The van der Waals surface area contributed by atoms with E-state index in [9.17, 15) is 0 Å². The van der Waals surface area contributed by atoms with E-state index in [4.69, 9.17) is 14.8 Å². The number of unbranched alkanes of at least 4 members (excludes halogenated alkanes) is 2. The molecule has 16 heavy (non-hydrogen) atoms. The molecule has 88 valence electrons. The van der Waals surface area contributed by atoms with Crippen molar-refractivity contribution in [2.45, 2.75) is 33.1 Å². The Morgan fingerprint density at radius 2 is 2.00 bits per heavy atom. The Hall–Kier alpha value is -0.995. The highest BCUT2D eigenvalue weighted by atomic mass is 16.5. The lowest BCUT2D eigenvalue weighted by molar-refractivity contribution is 0.306. The lowest BCUT2D eigenvalue weighted by Gasteiger charge is -2.09. The Kier molecular flexibility index (Phi) is 5.36. The first-order valence-electron chi connectivity index (χ1n) is 5.74. The van der Waals surface area contributed by atoms with Crippen molar-refractivity contribution < 1.29 is 14.8 Å². The monoisotopic (exact) mass is 222 g/mol. The van der Waals surface area contributed by atoms with Crippen LogP contribution in [0.4, 0.5) is 0 Å². The van der Waals surface area contributed by atoms with Crippen LogP contribution < -0.4 is 10.2 Å². The fourth-order valence-corrected chi connectivity index (χ4v) is 1.57. The molecule has 0 aliphatic heterocycles. The molecule has 0 aliphatic rings. The average molecular weight is 222 g/mol. The maximum Gasteiger partial charge on any atom is 0.488 e. The number of hydrogen-bond acceptors (Lipinski definition) is 3. The second-order valence-electron chi connectivity index (χ2n) is 3.95. The number of hydrogen-bond donors (Lipinski definition) is 2. The Bertz CT molecular complexity index is 326. The van der Waals surface area contributed by atoms with Crippen LogP contribution in [0.25, 0.3) is 0 Å². The topological polar surface area (TPSA) is 49.7 Å². The van der Waals surface area contributed by atoms with Gasteiger partial charge >= 0.3 is 7.12 Å². The first-order chi connectivity index (χ1) is 7.65. The van der Waals surface area contributed by atoms with Crippen LogP contribution in [-0.4, -0.2) is 23.8 Å². The highest BCUT2D eigenvalue weighted by molar-refractivity contribution is 6.59. The minimum atomic E-state index is -1.41. The number of ether oxygens (including phenoxy) is 1. The third kappa shape index (κ3) is 3.87. The standard InChI is InChI=1S/C12H19BO3/c1-3-4-5-8-16-11-6-7-12(13(14)15)10(2)9-11/h6-7,9,14-15H,3-5,8H2,1-2H3. The van der Waals surface area contributed by atoms with Gasteiger partial charge in [0.25, 0.3) is 0 Å². The van der Waals surface area contributed by atoms with Crippen molar-refractivity contribution in [1.82, 2.24) is 0 Å². The molecule has 0 fully saturated rings. The molecule has 0 spiro atoms. The highest BCUT2D eigenvalue weighted by Gasteiger charge is 2.13. The van der Waals surface area contributed by atoms with Gasteiger partial charge in [-0.2, -0.15) is 0 Å². The molecular weight excluding hydrogens is 203 g/mol. The molecule has 1 aromatic carbocycles. The summed E-state index contributed by atoms with van der Waals surface area (Å²) in [6, 6.07) is 5.30. The summed E-state index contributed by atoms with van der Waals surface area (Å²) in [5.41, 5.74) is 1.36. The van der Waals surface area contributed by atoms with Gasteiger partial charge in [0.05, 0.1) is 6.61 Å². The van der Waals surface area contributed by atoms with Crippen LogP contribution in [0.5, 0.6) is 5.75 Å². The van der Waals surface area contributed by atoms with Crippen LogP contribution in [0.1, 0.15) is 31.7 Å². The zero-order chi connectivity index (χ0) is 12.0. The molecule has 0 atom stereocenters. The normalized spacial score (nSPS) is 10.2. The molecule has 0 amide bonds.